The molecular weight excluding hydrogens is 342 g/mol. The number of hydrogen-bond acceptors (Lipinski definition) is 4. The molecule has 1 N–H and O–H groups in total. The van der Waals surface area contributed by atoms with Crippen molar-refractivity contribution in [2.75, 3.05) is 19.6 Å². The van der Waals surface area contributed by atoms with Crippen LogP contribution in [-0.2, 0) is 16.1 Å². The molecule has 0 unspecified atom stereocenters. The van der Waals surface area contributed by atoms with Crippen LogP contribution in [0.1, 0.15) is 24.8 Å². The smallest absolute Gasteiger partial charge is 0.246 e. The number of rotatable bonds is 7. The minimum absolute atomic E-state index is 0.0352. The highest BCUT2D eigenvalue weighted by Crippen LogP contribution is 2.17. The number of nitrogens with one attached hydrogen (secondary N) is 1. The normalized spacial score (nSPS) is 15.2. The maximum Gasteiger partial charge on any atom is 0.246 e. The van der Waals surface area contributed by atoms with Crippen LogP contribution < -0.4 is 5.32 Å². The van der Waals surface area contributed by atoms with Crippen molar-refractivity contribution in [1.82, 2.24) is 25.0 Å². The molecule has 1 aliphatic heterocycles. The molecule has 27 heavy (non-hydrogen) atoms. The van der Waals surface area contributed by atoms with E-state index in [4.69, 9.17) is 0 Å². The number of carbonyl (C=O) groups excluding carboxylic acids is 2. The van der Waals surface area contributed by atoms with Gasteiger partial charge in [0.15, 0.2) is 0 Å². The predicted molar refractivity (Wildman–Crippen MR) is 102 cm³/mol. The second kappa shape index (κ2) is 9.66. The Balaban J connectivity index is 1.34. The molecule has 0 aliphatic carbocycles. The molecule has 1 aromatic carbocycles. The van der Waals surface area contributed by atoms with Crippen molar-refractivity contribution in [2.45, 2.75) is 25.8 Å². The van der Waals surface area contributed by atoms with Gasteiger partial charge in [-0.25, -0.2) is 0 Å². The first-order valence-corrected chi connectivity index (χ1v) is 9.32. The zero-order chi connectivity index (χ0) is 18.9. The topological polar surface area (TPSA) is 80.1 Å². The zero-order valence-corrected chi connectivity index (χ0v) is 15.3. The third kappa shape index (κ3) is 6.06. The standard InChI is InChI=1S/C20H25N5O2/c26-19(10-11-24-15-22-23-16-24)21-14-18-8-12-25(13-9-18)20(27)7-6-17-4-2-1-3-5-17/h1-7,15-16,18H,8-14H2,(H,21,26)/b7-6+. The lowest BCUT2D eigenvalue weighted by atomic mass is 9.96. The molecule has 3 rings (SSSR count). The molecule has 0 radical (unpaired) electrons. The van der Waals surface area contributed by atoms with Gasteiger partial charge in [-0.3, -0.25) is 9.59 Å². The summed E-state index contributed by atoms with van der Waals surface area (Å²) < 4.78 is 1.78. The fraction of sp³-hybridized carbons (Fsp3) is 0.400. The third-order valence-electron chi connectivity index (χ3n) is 4.80. The van der Waals surface area contributed by atoms with E-state index in [0.717, 1.165) is 31.5 Å². The molecule has 1 fully saturated rings. The molecule has 1 aromatic heterocycles. The molecule has 1 aliphatic rings. The summed E-state index contributed by atoms with van der Waals surface area (Å²) in [6, 6.07) is 9.81. The van der Waals surface area contributed by atoms with E-state index < -0.39 is 0 Å². The molecule has 0 atom stereocenters. The van der Waals surface area contributed by atoms with E-state index >= 15 is 0 Å². The van der Waals surface area contributed by atoms with Crippen LogP contribution in [0.15, 0.2) is 49.1 Å². The molecule has 2 aromatic rings. The number of hydrogen-bond donors (Lipinski definition) is 1. The molecular formula is C20H25N5O2. The van der Waals surface area contributed by atoms with Gasteiger partial charge < -0.3 is 14.8 Å². The Morgan fingerprint density at radius 3 is 2.52 bits per heavy atom. The van der Waals surface area contributed by atoms with Crippen LogP contribution in [0.4, 0.5) is 0 Å². The second-order valence-electron chi connectivity index (χ2n) is 6.77. The average Bonchev–Trinajstić information content (AvgIpc) is 3.24. The first-order valence-electron chi connectivity index (χ1n) is 9.32. The molecule has 2 heterocycles. The van der Waals surface area contributed by atoms with Gasteiger partial charge >= 0.3 is 0 Å². The summed E-state index contributed by atoms with van der Waals surface area (Å²) in [7, 11) is 0. The number of nitrogens with zero attached hydrogens (tertiary/aromatic N) is 4. The van der Waals surface area contributed by atoms with Crippen molar-refractivity contribution in [3.63, 3.8) is 0 Å². The Labute approximate surface area is 159 Å². The minimum Gasteiger partial charge on any atom is -0.356 e. The van der Waals surface area contributed by atoms with Gasteiger partial charge in [0.1, 0.15) is 12.7 Å². The van der Waals surface area contributed by atoms with Crippen molar-refractivity contribution in [2.24, 2.45) is 5.92 Å². The third-order valence-corrected chi connectivity index (χ3v) is 4.80. The van der Waals surface area contributed by atoms with Crippen LogP contribution in [-0.4, -0.2) is 51.1 Å². The molecule has 7 nitrogen and oxygen atoms in total. The molecule has 0 bridgehead atoms. The lowest BCUT2D eigenvalue weighted by molar-refractivity contribution is -0.127. The van der Waals surface area contributed by atoms with Gasteiger partial charge in [0.25, 0.3) is 0 Å². The Kier molecular flexibility index (Phi) is 6.73. The van der Waals surface area contributed by atoms with Gasteiger partial charge in [-0.2, -0.15) is 0 Å². The van der Waals surface area contributed by atoms with E-state index in [2.05, 4.69) is 15.5 Å². The van der Waals surface area contributed by atoms with Crippen LogP contribution in [0.25, 0.3) is 6.08 Å². The van der Waals surface area contributed by atoms with Crippen molar-refractivity contribution < 1.29 is 9.59 Å². The highest BCUT2D eigenvalue weighted by Gasteiger charge is 2.21. The van der Waals surface area contributed by atoms with E-state index in [-0.39, 0.29) is 11.8 Å². The summed E-state index contributed by atoms with van der Waals surface area (Å²) in [4.78, 5) is 26.1. The lowest BCUT2D eigenvalue weighted by Crippen LogP contribution is -2.41. The summed E-state index contributed by atoms with van der Waals surface area (Å²) in [5.41, 5.74) is 1.02. The summed E-state index contributed by atoms with van der Waals surface area (Å²) in [5, 5.41) is 10.4. The maximum absolute atomic E-state index is 12.3. The largest absolute Gasteiger partial charge is 0.356 e. The van der Waals surface area contributed by atoms with Gasteiger partial charge in [0, 0.05) is 38.7 Å². The number of piperidine rings is 1. The number of aryl methyl sites for hydroxylation is 1. The Morgan fingerprint density at radius 1 is 1.11 bits per heavy atom. The quantitative estimate of drug-likeness (QED) is 0.756. The zero-order valence-electron chi connectivity index (χ0n) is 15.3. The first kappa shape index (κ1) is 18.8. The van der Waals surface area contributed by atoms with Gasteiger partial charge in [-0.05, 0) is 30.4 Å². The number of aromatic nitrogens is 3. The molecule has 0 saturated carbocycles. The average molecular weight is 367 g/mol. The van der Waals surface area contributed by atoms with Crippen LogP contribution >= 0.6 is 0 Å². The van der Waals surface area contributed by atoms with Crippen LogP contribution in [0.3, 0.4) is 0 Å². The minimum atomic E-state index is 0.0352. The van der Waals surface area contributed by atoms with Crippen molar-refractivity contribution in [1.29, 1.82) is 0 Å². The van der Waals surface area contributed by atoms with E-state index in [1.54, 1.807) is 23.3 Å². The van der Waals surface area contributed by atoms with Gasteiger partial charge in [0.2, 0.25) is 11.8 Å². The van der Waals surface area contributed by atoms with Crippen LogP contribution in [0.2, 0.25) is 0 Å². The lowest BCUT2D eigenvalue weighted by Gasteiger charge is -2.31. The first-order chi connectivity index (χ1) is 13.2. The number of amides is 2. The number of carbonyl (C=O) groups is 2. The molecule has 142 valence electrons. The van der Waals surface area contributed by atoms with Gasteiger partial charge in [0.05, 0.1) is 0 Å². The maximum atomic E-state index is 12.3. The molecule has 7 heteroatoms. The molecule has 1 saturated heterocycles. The second-order valence-corrected chi connectivity index (χ2v) is 6.77. The molecule has 2 amide bonds. The fourth-order valence-corrected chi connectivity index (χ4v) is 3.11. The van der Waals surface area contributed by atoms with E-state index in [0.29, 0.717) is 25.4 Å². The summed E-state index contributed by atoms with van der Waals surface area (Å²) in [6.45, 7) is 2.72. The number of benzene rings is 1. The van der Waals surface area contributed by atoms with Gasteiger partial charge in [-0.15, -0.1) is 10.2 Å². The van der Waals surface area contributed by atoms with Crippen molar-refractivity contribution >= 4 is 17.9 Å². The highest BCUT2D eigenvalue weighted by molar-refractivity contribution is 5.91. The highest BCUT2D eigenvalue weighted by atomic mass is 16.2. The predicted octanol–water partition coefficient (Wildman–Crippen LogP) is 1.74. The summed E-state index contributed by atoms with van der Waals surface area (Å²) in [5.74, 6) is 0.509. The Bertz CT molecular complexity index is 750. The van der Waals surface area contributed by atoms with E-state index in [1.165, 1.54) is 0 Å². The summed E-state index contributed by atoms with van der Waals surface area (Å²) >= 11 is 0. The van der Waals surface area contributed by atoms with Gasteiger partial charge in [-0.1, -0.05) is 30.3 Å². The number of likely N-dealkylation sites (tertiary alicyclic amines) is 1. The SMILES string of the molecule is O=C(CCn1cnnc1)NCC1CCN(C(=O)/C=C/c2ccccc2)CC1. The monoisotopic (exact) mass is 367 g/mol. The van der Waals surface area contributed by atoms with E-state index in [9.17, 15) is 9.59 Å². The Morgan fingerprint density at radius 2 is 1.81 bits per heavy atom. The summed E-state index contributed by atoms with van der Waals surface area (Å²) in [6.07, 6.45) is 8.94. The van der Waals surface area contributed by atoms with Crippen LogP contribution in [0.5, 0.6) is 0 Å². The van der Waals surface area contributed by atoms with Crippen molar-refractivity contribution in [3.05, 3.63) is 54.6 Å². The Hall–Kier alpha value is -2.96. The van der Waals surface area contributed by atoms with Crippen molar-refractivity contribution in [3.8, 4) is 0 Å². The van der Waals surface area contributed by atoms with E-state index in [1.807, 2.05) is 41.3 Å². The van der Waals surface area contributed by atoms with Crippen LogP contribution in [0, 0.1) is 5.92 Å². The fourth-order valence-electron chi connectivity index (χ4n) is 3.11. The molecule has 0 spiro atoms.